The maximum absolute atomic E-state index is 12.6. The predicted octanol–water partition coefficient (Wildman–Crippen LogP) is 1.74. The summed E-state index contributed by atoms with van der Waals surface area (Å²) in [6.45, 7) is 5.19. The van der Waals surface area contributed by atoms with Crippen molar-refractivity contribution in [2.24, 2.45) is 0 Å². The minimum absolute atomic E-state index is 0.164. The second-order valence-corrected chi connectivity index (χ2v) is 7.59. The number of nitrogens with zero attached hydrogens (tertiary/aromatic N) is 5. The molecule has 0 aliphatic carbocycles. The Bertz CT molecular complexity index is 510. The van der Waals surface area contributed by atoms with Crippen LogP contribution in [0.2, 0.25) is 0 Å². The molecule has 23 heavy (non-hydrogen) atoms. The minimum Gasteiger partial charge on any atom is -0.376 e. The number of carbonyl (C=O) groups excluding carboxylic acids is 1. The third kappa shape index (κ3) is 4.44. The molecule has 0 saturated carbocycles. The Morgan fingerprint density at radius 3 is 2.78 bits per heavy atom. The van der Waals surface area contributed by atoms with Crippen molar-refractivity contribution in [2.75, 3.05) is 19.7 Å². The van der Waals surface area contributed by atoms with Crippen molar-refractivity contribution in [1.82, 2.24) is 25.1 Å². The number of thioether (sulfide) groups is 1. The number of aromatic nitrogens is 4. The summed E-state index contributed by atoms with van der Waals surface area (Å²) in [6.07, 6.45) is 7.01. The molecule has 2 unspecified atom stereocenters. The summed E-state index contributed by atoms with van der Waals surface area (Å²) in [4.78, 5) is 14.6. The van der Waals surface area contributed by atoms with E-state index in [-0.39, 0.29) is 17.3 Å². The molecule has 0 spiro atoms. The Morgan fingerprint density at radius 2 is 2.09 bits per heavy atom. The minimum atomic E-state index is -0.164. The lowest BCUT2D eigenvalue weighted by Gasteiger charge is -2.23. The van der Waals surface area contributed by atoms with Gasteiger partial charge in [0.15, 0.2) is 0 Å². The largest absolute Gasteiger partial charge is 0.376 e. The lowest BCUT2D eigenvalue weighted by Crippen LogP contribution is -2.37. The highest BCUT2D eigenvalue weighted by molar-refractivity contribution is 8.00. The van der Waals surface area contributed by atoms with Gasteiger partial charge in [0.05, 0.1) is 17.9 Å². The fourth-order valence-corrected chi connectivity index (χ4v) is 4.02. The molecule has 7 nitrogen and oxygen atoms in total. The van der Waals surface area contributed by atoms with Crippen molar-refractivity contribution in [2.45, 2.75) is 68.5 Å². The van der Waals surface area contributed by atoms with Gasteiger partial charge in [-0.2, -0.15) is 0 Å². The highest BCUT2D eigenvalue weighted by Gasteiger charge is 2.25. The number of hydrogen-bond acceptors (Lipinski definition) is 6. The first-order chi connectivity index (χ1) is 11.2. The van der Waals surface area contributed by atoms with Crippen molar-refractivity contribution in [3.63, 3.8) is 0 Å². The average molecular weight is 339 g/mol. The molecule has 2 aliphatic rings. The second kappa shape index (κ2) is 8.10. The molecule has 1 aromatic rings. The van der Waals surface area contributed by atoms with Crippen LogP contribution in [0, 0.1) is 0 Å². The van der Waals surface area contributed by atoms with Gasteiger partial charge in [0.25, 0.3) is 0 Å². The standard InChI is InChI=1S/C15H25N5O2S/c1-12(14(21)19-8-4-2-3-5-9-19)23-15-16-17-18-20(15)11-13-7-6-10-22-13/h12-13H,2-11H2,1H3. The molecule has 0 radical (unpaired) electrons. The molecule has 2 aliphatic heterocycles. The Morgan fingerprint density at radius 1 is 1.30 bits per heavy atom. The van der Waals surface area contributed by atoms with Gasteiger partial charge in [-0.15, -0.1) is 5.10 Å². The average Bonchev–Trinajstić information content (AvgIpc) is 3.13. The zero-order valence-electron chi connectivity index (χ0n) is 13.7. The van der Waals surface area contributed by atoms with E-state index in [2.05, 4.69) is 15.5 Å². The van der Waals surface area contributed by atoms with Crippen LogP contribution < -0.4 is 0 Å². The topological polar surface area (TPSA) is 73.1 Å². The van der Waals surface area contributed by atoms with Gasteiger partial charge in [-0.05, 0) is 43.0 Å². The van der Waals surface area contributed by atoms with Gasteiger partial charge in [0.2, 0.25) is 11.1 Å². The molecule has 3 heterocycles. The quantitative estimate of drug-likeness (QED) is 0.761. The third-order valence-electron chi connectivity index (χ3n) is 4.45. The van der Waals surface area contributed by atoms with E-state index in [0.717, 1.165) is 45.4 Å². The van der Waals surface area contributed by atoms with Gasteiger partial charge in [0, 0.05) is 19.7 Å². The van der Waals surface area contributed by atoms with Crippen LogP contribution in [0.15, 0.2) is 5.16 Å². The molecular weight excluding hydrogens is 314 g/mol. The SMILES string of the molecule is CC(Sc1nnnn1CC1CCCO1)C(=O)N1CCCCCC1. The molecule has 1 amide bonds. The molecule has 2 atom stereocenters. The van der Waals surface area contributed by atoms with Crippen molar-refractivity contribution >= 4 is 17.7 Å². The van der Waals surface area contributed by atoms with Crippen LogP contribution in [0.4, 0.5) is 0 Å². The Kier molecular flexibility index (Phi) is 5.88. The van der Waals surface area contributed by atoms with Crippen molar-refractivity contribution in [3.8, 4) is 0 Å². The number of likely N-dealkylation sites (tertiary alicyclic amines) is 1. The van der Waals surface area contributed by atoms with Crippen molar-refractivity contribution in [3.05, 3.63) is 0 Å². The normalized spacial score (nSPS) is 23.7. The van der Waals surface area contributed by atoms with E-state index in [1.165, 1.54) is 24.6 Å². The molecule has 3 rings (SSSR count). The van der Waals surface area contributed by atoms with Gasteiger partial charge < -0.3 is 9.64 Å². The van der Waals surface area contributed by atoms with Crippen LogP contribution in [-0.2, 0) is 16.1 Å². The number of ether oxygens (including phenoxy) is 1. The molecule has 0 aromatic carbocycles. The van der Waals surface area contributed by atoms with Gasteiger partial charge in [-0.1, -0.05) is 24.6 Å². The van der Waals surface area contributed by atoms with Gasteiger partial charge in [-0.3, -0.25) is 4.79 Å². The highest BCUT2D eigenvalue weighted by Crippen LogP contribution is 2.24. The monoisotopic (exact) mass is 339 g/mol. The lowest BCUT2D eigenvalue weighted by molar-refractivity contribution is -0.130. The van der Waals surface area contributed by atoms with E-state index in [4.69, 9.17) is 4.74 Å². The van der Waals surface area contributed by atoms with E-state index in [0.29, 0.717) is 11.7 Å². The Labute approximate surface area is 141 Å². The maximum atomic E-state index is 12.6. The molecule has 1 aromatic heterocycles. The fraction of sp³-hybridized carbons (Fsp3) is 0.867. The number of rotatable bonds is 5. The summed E-state index contributed by atoms with van der Waals surface area (Å²) in [7, 11) is 0. The lowest BCUT2D eigenvalue weighted by atomic mass is 10.2. The molecule has 8 heteroatoms. The van der Waals surface area contributed by atoms with Gasteiger partial charge in [-0.25, -0.2) is 4.68 Å². The van der Waals surface area contributed by atoms with Crippen molar-refractivity contribution in [1.29, 1.82) is 0 Å². The van der Waals surface area contributed by atoms with Crippen LogP contribution >= 0.6 is 11.8 Å². The molecule has 0 N–H and O–H groups in total. The molecule has 2 saturated heterocycles. The maximum Gasteiger partial charge on any atom is 0.235 e. The summed E-state index contributed by atoms with van der Waals surface area (Å²) in [5.41, 5.74) is 0. The Hall–Kier alpha value is -1.15. The molecule has 2 fully saturated rings. The van der Waals surface area contributed by atoms with Crippen LogP contribution in [0.1, 0.15) is 45.4 Å². The molecular formula is C15H25N5O2S. The zero-order valence-corrected chi connectivity index (χ0v) is 14.5. The smallest absolute Gasteiger partial charge is 0.235 e. The predicted molar refractivity (Wildman–Crippen MR) is 87.2 cm³/mol. The summed E-state index contributed by atoms with van der Waals surface area (Å²) >= 11 is 1.45. The summed E-state index contributed by atoms with van der Waals surface area (Å²) < 4.78 is 7.41. The number of amides is 1. The first-order valence-corrected chi connectivity index (χ1v) is 9.45. The molecule has 0 bridgehead atoms. The molecule has 128 valence electrons. The van der Waals surface area contributed by atoms with Gasteiger partial charge in [0.1, 0.15) is 0 Å². The van der Waals surface area contributed by atoms with Crippen molar-refractivity contribution < 1.29 is 9.53 Å². The third-order valence-corrected chi connectivity index (χ3v) is 5.51. The first-order valence-electron chi connectivity index (χ1n) is 8.57. The summed E-state index contributed by atoms with van der Waals surface area (Å²) in [5, 5.41) is 12.4. The van der Waals surface area contributed by atoms with E-state index in [1.807, 2.05) is 11.8 Å². The number of carbonyl (C=O) groups is 1. The van der Waals surface area contributed by atoms with E-state index < -0.39 is 0 Å². The van der Waals surface area contributed by atoms with E-state index >= 15 is 0 Å². The summed E-state index contributed by atoms with van der Waals surface area (Å²) in [6, 6.07) is 0. The fourth-order valence-electron chi connectivity index (χ4n) is 3.13. The van der Waals surface area contributed by atoms with Crippen LogP contribution in [0.25, 0.3) is 0 Å². The number of hydrogen-bond donors (Lipinski definition) is 0. The van der Waals surface area contributed by atoms with Crippen LogP contribution in [0.5, 0.6) is 0 Å². The number of tetrazole rings is 1. The zero-order chi connectivity index (χ0) is 16.1. The first kappa shape index (κ1) is 16.7. The highest BCUT2D eigenvalue weighted by atomic mass is 32.2. The van der Waals surface area contributed by atoms with Crippen LogP contribution in [-0.4, -0.2) is 62.1 Å². The Balaban J connectivity index is 1.57. The van der Waals surface area contributed by atoms with E-state index in [1.54, 1.807) is 4.68 Å². The van der Waals surface area contributed by atoms with E-state index in [9.17, 15) is 4.79 Å². The van der Waals surface area contributed by atoms with Gasteiger partial charge >= 0.3 is 0 Å². The summed E-state index contributed by atoms with van der Waals surface area (Å²) in [5.74, 6) is 0.198. The second-order valence-electron chi connectivity index (χ2n) is 6.28. The van der Waals surface area contributed by atoms with Crippen LogP contribution in [0.3, 0.4) is 0 Å².